The first-order valence-corrected chi connectivity index (χ1v) is 6.09. The van der Waals surface area contributed by atoms with E-state index in [0.717, 1.165) is 6.42 Å². The van der Waals surface area contributed by atoms with Crippen LogP contribution >= 0.6 is 0 Å². The van der Waals surface area contributed by atoms with Gasteiger partial charge < -0.3 is 4.90 Å². The van der Waals surface area contributed by atoms with Gasteiger partial charge in [0.05, 0.1) is 0 Å². The molecule has 0 saturated carbocycles. The van der Waals surface area contributed by atoms with Crippen LogP contribution in [0.15, 0.2) is 42.6 Å². The summed E-state index contributed by atoms with van der Waals surface area (Å²) in [6.45, 7) is 8.92. The van der Waals surface area contributed by atoms with E-state index in [1.165, 1.54) is 5.56 Å². The van der Waals surface area contributed by atoms with Crippen molar-refractivity contribution < 1.29 is 0 Å². The van der Waals surface area contributed by atoms with Crippen LogP contribution in [-0.4, -0.2) is 17.0 Å². The van der Waals surface area contributed by atoms with Crippen molar-refractivity contribution in [2.45, 2.75) is 46.2 Å². The molecule has 0 heterocycles. The van der Waals surface area contributed by atoms with E-state index >= 15 is 0 Å². The van der Waals surface area contributed by atoms with Gasteiger partial charge in [-0.15, -0.1) is 0 Å². The van der Waals surface area contributed by atoms with Crippen molar-refractivity contribution in [3.63, 3.8) is 0 Å². The first kappa shape index (κ1) is 12.8. The molecule has 0 atom stereocenters. The molecule has 0 radical (unpaired) electrons. The van der Waals surface area contributed by atoms with Gasteiger partial charge in [0, 0.05) is 12.1 Å². The van der Waals surface area contributed by atoms with E-state index in [0.29, 0.717) is 12.1 Å². The highest BCUT2D eigenvalue weighted by Crippen LogP contribution is 2.07. The van der Waals surface area contributed by atoms with Crippen LogP contribution < -0.4 is 0 Å². The van der Waals surface area contributed by atoms with Crippen molar-refractivity contribution >= 4 is 0 Å². The summed E-state index contributed by atoms with van der Waals surface area (Å²) in [4.78, 5) is 2.38. The van der Waals surface area contributed by atoms with E-state index < -0.39 is 0 Å². The summed E-state index contributed by atoms with van der Waals surface area (Å²) in [7, 11) is 0. The summed E-state index contributed by atoms with van der Waals surface area (Å²) in [5, 5.41) is 0. The second kappa shape index (κ2) is 6.37. The van der Waals surface area contributed by atoms with E-state index in [1.54, 1.807) is 0 Å². The molecule has 0 bridgehead atoms. The molecular weight excluding hydrogens is 194 g/mol. The first-order valence-electron chi connectivity index (χ1n) is 6.09. The van der Waals surface area contributed by atoms with E-state index in [-0.39, 0.29) is 0 Å². The summed E-state index contributed by atoms with van der Waals surface area (Å²) in [6, 6.07) is 11.7. The molecule has 16 heavy (non-hydrogen) atoms. The van der Waals surface area contributed by atoms with Gasteiger partial charge in [-0.05, 0) is 45.9 Å². The van der Waals surface area contributed by atoms with Crippen molar-refractivity contribution in [3.8, 4) is 0 Å². The molecular formula is C15H23N. The Morgan fingerprint density at radius 2 is 1.56 bits per heavy atom. The van der Waals surface area contributed by atoms with Crippen molar-refractivity contribution in [1.29, 1.82) is 0 Å². The molecule has 1 aromatic rings. The molecule has 0 unspecified atom stereocenters. The highest BCUT2D eigenvalue weighted by atomic mass is 15.1. The Bertz CT molecular complexity index is 303. The molecule has 0 amide bonds. The molecule has 1 aromatic carbocycles. The number of allylic oxidation sites excluding steroid dienone is 1. The minimum atomic E-state index is 0.562. The topological polar surface area (TPSA) is 3.24 Å². The van der Waals surface area contributed by atoms with Crippen LogP contribution in [0, 0.1) is 0 Å². The van der Waals surface area contributed by atoms with E-state index in [2.05, 4.69) is 75.2 Å². The fraction of sp³-hybridized carbons (Fsp3) is 0.467. The Hall–Kier alpha value is -1.24. The van der Waals surface area contributed by atoms with Gasteiger partial charge in [-0.25, -0.2) is 0 Å². The van der Waals surface area contributed by atoms with Gasteiger partial charge in [0.1, 0.15) is 0 Å². The average Bonchev–Trinajstić information content (AvgIpc) is 2.24. The molecule has 0 spiro atoms. The predicted molar refractivity (Wildman–Crippen MR) is 71.4 cm³/mol. The quantitative estimate of drug-likeness (QED) is 0.724. The summed E-state index contributed by atoms with van der Waals surface area (Å²) in [6.07, 6.45) is 5.48. The smallest absolute Gasteiger partial charge is 0.0230 e. The molecule has 0 aromatic heterocycles. The summed E-state index contributed by atoms with van der Waals surface area (Å²) >= 11 is 0. The fourth-order valence-corrected chi connectivity index (χ4v) is 1.87. The van der Waals surface area contributed by atoms with Crippen molar-refractivity contribution in [2.24, 2.45) is 0 Å². The molecule has 0 aliphatic rings. The summed E-state index contributed by atoms with van der Waals surface area (Å²) < 4.78 is 0. The number of rotatable bonds is 5. The summed E-state index contributed by atoms with van der Waals surface area (Å²) in [5.41, 5.74) is 1.37. The van der Waals surface area contributed by atoms with Gasteiger partial charge in [-0.1, -0.05) is 36.4 Å². The Labute approximate surface area is 99.8 Å². The standard InChI is InChI=1S/C15H23N/c1-13(2)16(14(3)4)12-8-11-15-9-6-5-7-10-15/h5-10,12-14H,11H2,1-4H3/b12-8+. The van der Waals surface area contributed by atoms with Crippen LogP contribution in [0.1, 0.15) is 33.3 Å². The maximum atomic E-state index is 2.38. The SMILES string of the molecule is CC(C)N(/C=C/Cc1ccccc1)C(C)C. The van der Waals surface area contributed by atoms with Crippen LogP contribution in [0.3, 0.4) is 0 Å². The predicted octanol–water partition coefficient (Wildman–Crippen LogP) is 3.86. The maximum Gasteiger partial charge on any atom is 0.0230 e. The largest absolute Gasteiger partial charge is 0.373 e. The number of hydrogen-bond acceptors (Lipinski definition) is 1. The lowest BCUT2D eigenvalue weighted by Gasteiger charge is -2.29. The number of nitrogens with zero attached hydrogens (tertiary/aromatic N) is 1. The Morgan fingerprint density at radius 3 is 2.06 bits per heavy atom. The van der Waals surface area contributed by atoms with Crippen molar-refractivity contribution in [2.75, 3.05) is 0 Å². The lowest BCUT2D eigenvalue weighted by Crippen LogP contribution is -2.31. The monoisotopic (exact) mass is 217 g/mol. The van der Waals surface area contributed by atoms with Crippen LogP contribution in [0.5, 0.6) is 0 Å². The molecule has 0 aliphatic carbocycles. The first-order chi connectivity index (χ1) is 7.61. The molecule has 1 heteroatoms. The highest BCUT2D eigenvalue weighted by molar-refractivity contribution is 5.17. The number of hydrogen-bond donors (Lipinski definition) is 0. The normalized spacial score (nSPS) is 11.6. The molecule has 88 valence electrons. The lowest BCUT2D eigenvalue weighted by molar-refractivity contribution is 0.255. The Balaban J connectivity index is 2.53. The van der Waals surface area contributed by atoms with Crippen molar-refractivity contribution in [3.05, 3.63) is 48.2 Å². The average molecular weight is 217 g/mol. The molecule has 0 fully saturated rings. The molecule has 1 rings (SSSR count). The minimum absolute atomic E-state index is 0.562. The molecule has 1 nitrogen and oxygen atoms in total. The van der Waals surface area contributed by atoms with Crippen molar-refractivity contribution in [1.82, 2.24) is 4.90 Å². The van der Waals surface area contributed by atoms with Gasteiger partial charge in [0.15, 0.2) is 0 Å². The number of benzene rings is 1. The second-order valence-electron chi connectivity index (χ2n) is 4.71. The zero-order valence-corrected chi connectivity index (χ0v) is 10.9. The van der Waals surface area contributed by atoms with E-state index in [9.17, 15) is 0 Å². The van der Waals surface area contributed by atoms with Gasteiger partial charge >= 0.3 is 0 Å². The third-order valence-electron chi connectivity index (χ3n) is 2.67. The van der Waals surface area contributed by atoms with Gasteiger partial charge in [0.2, 0.25) is 0 Å². The second-order valence-corrected chi connectivity index (χ2v) is 4.71. The molecule has 0 saturated heterocycles. The zero-order valence-electron chi connectivity index (χ0n) is 10.9. The van der Waals surface area contributed by atoms with Gasteiger partial charge in [-0.3, -0.25) is 0 Å². The van der Waals surface area contributed by atoms with E-state index in [4.69, 9.17) is 0 Å². The Kier molecular flexibility index (Phi) is 5.10. The van der Waals surface area contributed by atoms with Gasteiger partial charge in [-0.2, -0.15) is 0 Å². The van der Waals surface area contributed by atoms with E-state index in [1.807, 2.05) is 0 Å². The molecule has 0 aliphatic heterocycles. The highest BCUT2D eigenvalue weighted by Gasteiger charge is 2.07. The fourth-order valence-electron chi connectivity index (χ4n) is 1.87. The third-order valence-corrected chi connectivity index (χ3v) is 2.67. The maximum absolute atomic E-state index is 2.38. The van der Waals surface area contributed by atoms with Crippen LogP contribution in [0.4, 0.5) is 0 Å². The third kappa shape index (κ3) is 4.09. The summed E-state index contributed by atoms with van der Waals surface area (Å²) in [5.74, 6) is 0. The van der Waals surface area contributed by atoms with Crippen LogP contribution in [0.25, 0.3) is 0 Å². The molecule has 0 N–H and O–H groups in total. The van der Waals surface area contributed by atoms with Crippen LogP contribution in [-0.2, 0) is 6.42 Å². The zero-order chi connectivity index (χ0) is 12.0. The lowest BCUT2D eigenvalue weighted by atomic mass is 10.1. The Morgan fingerprint density at radius 1 is 1.00 bits per heavy atom. The minimum Gasteiger partial charge on any atom is -0.373 e. The van der Waals surface area contributed by atoms with Crippen LogP contribution in [0.2, 0.25) is 0 Å². The van der Waals surface area contributed by atoms with Gasteiger partial charge in [0.25, 0.3) is 0 Å².